The Bertz CT molecular complexity index is 790. The number of urea groups is 1. The third-order valence-electron chi connectivity index (χ3n) is 4.53. The molecular formula is C18H17ClN2O2. The Morgan fingerprint density at radius 3 is 2.74 bits per heavy atom. The van der Waals surface area contributed by atoms with Crippen LogP contribution in [0.25, 0.3) is 0 Å². The first kappa shape index (κ1) is 14.4. The number of nitrogens with one attached hydrogen (secondary N) is 1. The summed E-state index contributed by atoms with van der Waals surface area (Å²) in [6, 6.07) is 13.2. The Morgan fingerprint density at radius 2 is 2.00 bits per heavy atom. The number of benzene rings is 2. The van der Waals surface area contributed by atoms with Crippen LogP contribution in [0.3, 0.4) is 0 Å². The predicted molar refractivity (Wildman–Crippen MR) is 90.0 cm³/mol. The number of amides is 2. The van der Waals surface area contributed by atoms with Crippen molar-refractivity contribution in [2.75, 3.05) is 4.90 Å². The molecule has 1 N–H and O–H groups in total. The second-order valence-corrected chi connectivity index (χ2v) is 6.77. The molecular weight excluding hydrogens is 312 g/mol. The van der Waals surface area contributed by atoms with Gasteiger partial charge in [0.2, 0.25) is 0 Å². The summed E-state index contributed by atoms with van der Waals surface area (Å²) in [6.45, 7) is 3.98. The highest BCUT2D eigenvalue weighted by molar-refractivity contribution is 6.30. The summed E-state index contributed by atoms with van der Waals surface area (Å²) in [6.07, 6.45) is 0.667. The van der Waals surface area contributed by atoms with Crippen LogP contribution in [0.1, 0.15) is 30.5 Å². The smallest absolute Gasteiger partial charge is 0.325 e. The number of anilines is 1. The van der Waals surface area contributed by atoms with Crippen LogP contribution in [0.5, 0.6) is 5.75 Å². The van der Waals surface area contributed by atoms with Gasteiger partial charge >= 0.3 is 6.03 Å². The maximum absolute atomic E-state index is 12.7. The number of fused-ring (bicyclic) bond motifs is 4. The second-order valence-electron chi connectivity index (χ2n) is 6.34. The van der Waals surface area contributed by atoms with E-state index in [-0.39, 0.29) is 12.1 Å². The topological polar surface area (TPSA) is 41.6 Å². The number of hydrogen-bond donors (Lipinski definition) is 1. The van der Waals surface area contributed by atoms with Crippen molar-refractivity contribution in [1.82, 2.24) is 5.32 Å². The SMILES string of the molecule is Cc1ccc(N2C(=O)N[C@@H]3C[C@@]2(C)Oc2ccc(Cl)cc23)cc1. The van der Waals surface area contributed by atoms with Gasteiger partial charge in [0, 0.05) is 22.7 Å². The van der Waals surface area contributed by atoms with Gasteiger partial charge in [-0.3, -0.25) is 4.90 Å². The normalized spacial score (nSPS) is 25.4. The molecule has 2 atom stereocenters. The molecule has 0 aromatic heterocycles. The average Bonchev–Trinajstić information content (AvgIpc) is 2.49. The van der Waals surface area contributed by atoms with E-state index in [1.165, 1.54) is 0 Å². The van der Waals surface area contributed by atoms with Gasteiger partial charge < -0.3 is 10.1 Å². The third kappa shape index (κ3) is 2.25. The van der Waals surface area contributed by atoms with Crippen molar-refractivity contribution >= 4 is 23.3 Å². The summed E-state index contributed by atoms with van der Waals surface area (Å²) < 4.78 is 6.22. The summed E-state index contributed by atoms with van der Waals surface area (Å²) in [4.78, 5) is 14.4. The Balaban J connectivity index is 1.79. The highest BCUT2D eigenvalue weighted by Crippen LogP contribution is 2.46. The minimum Gasteiger partial charge on any atom is -0.467 e. The van der Waals surface area contributed by atoms with Crippen molar-refractivity contribution in [1.29, 1.82) is 0 Å². The maximum Gasteiger partial charge on any atom is 0.325 e. The fraction of sp³-hybridized carbons (Fsp3) is 0.278. The van der Waals surface area contributed by atoms with Crippen LogP contribution in [0.15, 0.2) is 42.5 Å². The van der Waals surface area contributed by atoms with E-state index in [0.29, 0.717) is 11.4 Å². The van der Waals surface area contributed by atoms with E-state index in [2.05, 4.69) is 5.32 Å². The quantitative estimate of drug-likeness (QED) is 0.842. The van der Waals surface area contributed by atoms with E-state index in [0.717, 1.165) is 22.6 Å². The molecule has 0 unspecified atom stereocenters. The molecule has 4 rings (SSSR count). The Hall–Kier alpha value is -2.20. The zero-order valence-electron chi connectivity index (χ0n) is 13.0. The number of aryl methyl sites for hydroxylation is 1. The molecule has 2 aromatic rings. The minimum atomic E-state index is -0.719. The van der Waals surface area contributed by atoms with Crippen LogP contribution in [0.2, 0.25) is 5.02 Å². The van der Waals surface area contributed by atoms with E-state index in [1.54, 1.807) is 4.90 Å². The minimum absolute atomic E-state index is 0.0864. The summed E-state index contributed by atoms with van der Waals surface area (Å²) in [5, 5.41) is 3.71. The van der Waals surface area contributed by atoms with Gasteiger partial charge in [0.15, 0.2) is 5.72 Å². The highest BCUT2D eigenvalue weighted by atomic mass is 35.5. The van der Waals surface area contributed by atoms with Crippen LogP contribution in [0.4, 0.5) is 10.5 Å². The third-order valence-corrected chi connectivity index (χ3v) is 4.76. The van der Waals surface area contributed by atoms with Gasteiger partial charge in [0.25, 0.3) is 0 Å². The predicted octanol–water partition coefficient (Wildman–Crippen LogP) is 4.42. The lowest BCUT2D eigenvalue weighted by molar-refractivity contribution is 0.0379. The van der Waals surface area contributed by atoms with E-state index >= 15 is 0 Å². The molecule has 2 bridgehead atoms. The number of nitrogens with zero attached hydrogens (tertiary/aromatic N) is 1. The van der Waals surface area contributed by atoms with Crippen LogP contribution < -0.4 is 15.0 Å². The lowest BCUT2D eigenvalue weighted by atomic mass is 9.90. The fourth-order valence-corrected chi connectivity index (χ4v) is 3.61. The molecule has 2 aliphatic heterocycles. The summed E-state index contributed by atoms with van der Waals surface area (Å²) in [5.41, 5.74) is 2.19. The molecule has 2 aromatic carbocycles. The number of hydrogen-bond acceptors (Lipinski definition) is 2. The van der Waals surface area contributed by atoms with Crippen molar-refractivity contribution in [3.8, 4) is 5.75 Å². The van der Waals surface area contributed by atoms with Gasteiger partial charge in [-0.15, -0.1) is 0 Å². The summed E-state index contributed by atoms with van der Waals surface area (Å²) in [5.74, 6) is 0.769. The Labute approximate surface area is 140 Å². The maximum atomic E-state index is 12.7. The molecule has 2 heterocycles. The number of ether oxygens (including phenoxy) is 1. The van der Waals surface area contributed by atoms with Crippen LogP contribution in [0, 0.1) is 6.92 Å². The van der Waals surface area contributed by atoms with Crippen LogP contribution in [-0.2, 0) is 0 Å². The Morgan fingerprint density at radius 1 is 1.26 bits per heavy atom. The molecule has 23 heavy (non-hydrogen) atoms. The van der Waals surface area contributed by atoms with E-state index in [4.69, 9.17) is 16.3 Å². The Kier molecular flexibility index (Phi) is 3.07. The van der Waals surface area contributed by atoms with Gasteiger partial charge in [-0.1, -0.05) is 29.3 Å². The zero-order chi connectivity index (χ0) is 16.2. The van der Waals surface area contributed by atoms with Crippen LogP contribution >= 0.6 is 11.6 Å². The number of halogens is 1. The molecule has 5 heteroatoms. The molecule has 1 saturated heterocycles. The largest absolute Gasteiger partial charge is 0.467 e. The number of carbonyl (C=O) groups excluding carboxylic acids is 1. The number of carbonyl (C=O) groups is 1. The molecule has 0 radical (unpaired) electrons. The molecule has 0 saturated carbocycles. The standard InChI is InChI=1S/C18H17ClN2O2/c1-11-3-6-13(7-4-11)21-17(22)20-15-10-18(21,2)23-16-8-5-12(19)9-14(15)16/h3-9,15H,10H2,1-2H3,(H,20,22)/t15-,18-/m1/s1. The lowest BCUT2D eigenvalue weighted by Gasteiger charge is -2.50. The fourth-order valence-electron chi connectivity index (χ4n) is 3.43. The second kappa shape index (κ2) is 4.90. The summed E-state index contributed by atoms with van der Waals surface area (Å²) >= 11 is 6.09. The van der Waals surface area contributed by atoms with Gasteiger partial charge in [-0.05, 0) is 44.2 Å². The molecule has 118 valence electrons. The van der Waals surface area contributed by atoms with Gasteiger partial charge in [-0.2, -0.15) is 0 Å². The molecule has 4 nitrogen and oxygen atoms in total. The van der Waals surface area contributed by atoms with Crippen LogP contribution in [-0.4, -0.2) is 11.8 Å². The van der Waals surface area contributed by atoms with Crippen molar-refractivity contribution in [3.05, 3.63) is 58.6 Å². The highest BCUT2D eigenvalue weighted by Gasteiger charge is 2.49. The monoisotopic (exact) mass is 328 g/mol. The summed E-state index contributed by atoms with van der Waals surface area (Å²) in [7, 11) is 0. The van der Waals surface area contributed by atoms with Gasteiger partial charge in [0.1, 0.15) is 5.75 Å². The van der Waals surface area contributed by atoms with Crippen molar-refractivity contribution in [2.45, 2.75) is 32.0 Å². The molecule has 0 aliphatic carbocycles. The van der Waals surface area contributed by atoms with Crippen molar-refractivity contribution in [2.24, 2.45) is 0 Å². The molecule has 1 fully saturated rings. The lowest BCUT2D eigenvalue weighted by Crippen LogP contribution is -2.65. The first-order chi connectivity index (χ1) is 11.0. The van der Waals surface area contributed by atoms with E-state index in [1.807, 2.05) is 56.3 Å². The molecule has 2 amide bonds. The average molecular weight is 329 g/mol. The first-order valence-electron chi connectivity index (χ1n) is 7.62. The van der Waals surface area contributed by atoms with Crippen molar-refractivity contribution < 1.29 is 9.53 Å². The zero-order valence-corrected chi connectivity index (χ0v) is 13.7. The molecule has 0 spiro atoms. The van der Waals surface area contributed by atoms with Gasteiger partial charge in [0.05, 0.1) is 6.04 Å². The first-order valence-corrected chi connectivity index (χ1v) is 8.00. The van der Waals surface area contributed by atoms with E-state index < -0.39 is 5.72 Å². The number of rotatable bonds is 1. The van der Waals surface area contributed by atoms with Gasteiger partial charge in [-0.25, -0.2) is 4.79 Å². The van der Waals surface area contributed by atoms with E-state index in [9.17, 15) is 4.79 Å². The van der Waals surface area contributed by atoms with Crippen molar-refractivity contribution in [3.63, 3.8) is 0 Å². The molecule has 2 aliphatic rings.